The third-order valence-electron chi connectivity index (χ3n) is 4.23. The Morgan fingerprint density at radius 2 is 2.21 bits per heavy atom. The quantitative estimate of drug-likeness (QED) is 0.758. The highest BCUT2D eigenvalue weighted by molar-refractivity contribution is 6.05. The van der Waals surface area contributed by atoms with E-state index in [1.54, 1.807) is 17.8 Å². The highest BCUT2D eigenvalue weighted by Gasteiger charge is 2.29. The zero-order valence-corrected chi connectivity index (χ0v) is 13.3. The van der Waals surface area contributed by atoms with E-state index in [1.165, 1.54) is 0 Å². The Morgan fingerprint density at radius 3 is 3.00 bits per heavy atom. The van der Waals surface area contributed by atoms with E-state index in [2.05, 4.69) is 15.7 Å². The minimum atomic E-state index is -0.364. The minimum Gasteiger partial charge on any atom is -0.451 e. The topological polar surface area (TPSA) is 89.2 Å². The van der Waals surface area contributed by atoms with E-state index in [4.69, 9.17) is 4.42 Å². The fourth-order valence-electron chi connectivity index (χ4n) is 2.92. The van der Waals surface area contributed by atoms with Crippen molar-refractivity contribution in [2.75, 3.05) is 10.6 Å². The summed E-state index contributed by atoms with van der Waals surface area (Å²) >= 11 is 0. The molecule has 1 aliphatic rings. The molecule has 1 atom stereocenters. The number of rotatable bonds is 2. The largest absolute Gasteiger partial charge is 0.451 e. The number of aryl methyl sites for hydroxylation is 1. The van der Waals surface area contributed by atoms with Crippen LogP contribution in [0.15, 0.2) is 34.7 Å². The van der Waals surface area contributed by atoms with Gasteiger partial charge in [0, 0.05) is 23.9 Å². The van der Waals surface area contributed by atoms with Gasteiger partial charge in [0.2, 0.25) is 5.91 Å². The molecule has 0 radical (unpaired) electrons. The Labute approximate surface area is 137 Å². The smallest absolute Gasteiger partial charge is 0.292 e. The van der Waals surface area contributed by atoms with E-state index in [-0.39, 0.29) is 23.5 Å². The van der Waals surface area contributed by atoms with Gasteiger partial charge in [-0.3, -0.25) is 14.3 Å². The maximum absolute atomic E-state index is 12.5. The van der Waals surface area contributed by atoms with Crippen LogP contribution in [0.1, 0.15) is 23.0 Å². The van der Waals surface area contributed by atoms with Crippen LogP contribution in [0.4, 0.5) is 11.6 Å². The lowest BCUT2D eigenvalue weighted by Gasteiger charge is -2.19. The second-order valence-electron chi connectivity index (χ2n) is 6.00. The normalized spacial score (nSPS) is 16.8. The lowest BCUT2D eigenvalue weighted by molar-refractivity contribution is -0.119. The minimum absolute atomic E-state index is 0.0411. The average molecular weight is 324 g/mol. The molecule has 0 fully saturated rings. The standard InChI is InChI=1S/C17H16N4O3/c1-9-7-11-14(20-21(2)15(11)19-16(9)22)18-17(23)13-8-10-5-3-4-6-12(10)24-13/h3-6,8-9H,7H2,1-2H3,(H,19,22)(H,18,20,23)/t9-/m0/s1. The van der Waals surface area contributed by atoms with Gasteiger partial charge in [-0.15, -0.1) is 0 Å². The third-order valence-corrected chi connectivity index (χ3v) is 4.23. The fraction of sp³-hybridized carbons (Fsp3) is 0.235. The van der Waals surface area contributed by atoms with E-state index < -0.39 is 0 Å². The second kappa shape index (κ2) is 5.23. The van der Waals surface area contributed by atoms with Crippen molar-refractivity contribution in [1.82, 2.24) is 9.78 Å². The summed E-state index contributed by atoms with van der Waals surface area (Å²) < 4.78 is 7.14. The molecule has 0 spiro atoms. The molecule has 2 aromatic heterocycles. The van der Waals surface area contributed by atoms with Gasteiger partial charge in [0.25, 0.3) is 5.91 Å². The molecule has 0 aliphatic carbocycles. The lowest BCUT2D eigenvalue weighted by Crippen LogP contribution is -2.28. The van der Waals surface area contributed by atoms with Gasteiger partial charge >= 0.3 is 0 Å². The number of carbonyl (C=O) groups is 2. The maximum atomic E-state index is 12.5. The molecular formula is C17H16N4O3. The van der Waals surface area contributed by atoms with Crippen LogP contribution in [-0.2, 0) is 18.3 Å². The predicted molar refractivity (Wildman–Crippen MR) is 88.9 cm³/mol. The third kappa shape index (κ3) is 2.25. The number of carbonyl (C=O) groups excluding carboxylic acids is 2. The molecule has 122 valence electrons. The molecular weight excluding hydrogens is 308 g/mol. The maximum Gasteiger partial charge on any atom is 0.292 e. The van der Waals surface area contributed by atoms with Gasteiger partial charge in [-0.05, 0) is 18.6 Å². The number of hydrogen-bond acceptors (Lipinski definition) is 4. The predicted octanol–water partition coefficient (Wildman–Crippen LogP) is 2.55. The van der Waals surface area contributed by atoms with Gasteiger partial charge in [0.05, 0.1) is 0 Å². The summed E-state index contributed by atoms with van der Waals surface area (Å²) in [6.45, 7) is 1.84. The molecule has 4 rings (SSSR count). The highest BCUT2D eigenvalue weighted by atomic mass is 16.3. The number of anilines is 2. The van der Waals surface area contributed by atoms with Crippen LogP contribution in [0.5, 0.6) is 0 Å². The van der Waals surface area contributed by atoms with Crippen molar-refractivity contribution in [2.45, 2.75) is 13.3 Å². The molecule has 1 aliphatic heterocycles. The summed E-state index contributed by atoms with van der Waals surface area (Å²) in [6, 6.07) is 9.14. The first-order chi connectivity index (χ1) is 11.5. The van der Waals surface area contributed by atoms with Crippen molar-refractivity contribution in [3.05, 3.63) is 41.7 Å². The summed E-state index contributed by atoms with van der Waals surface area (Å²) in [6.07, 6.45) is 0.532. The van der Waals surface area contributed by atoms with Gasteiger partial charge in [-0.1, -0.05) is 25.1 Å². The van der Waals surface area contributed by atoms with E-state index in [0.717, 1.165) is 10.9 Å². The number of hydrogen-bond donors (Lipinski definition) is 2. The monoisotopic (exact) mass is 324 g/mol. The van der Waals surface area contributed by atoms with Crippen LogP contribution in [0.25, 0.3) is 11.0 Å². The number of amides is 2. The Hall–Kier alpha value is -3.09. The second-order valence-corrected chi connectivity index (χ2v) is 6.00. The SMILES string of the molecule is C[C@H]1Cc2c(NC(=O)c3cc4ccccc4o3)nn(C)c2NC1=O. The van der Waals surface area contributed by atoms with E-state index >= 15 is 0 Å². The lowest BCUT2D eigenvalue weighted by atomic mass is 9.98. The number of nitrogens with one attached hydrogen (secondary N) is 2. The van der Waals surface area contributed by atoms with E-state index in [1.807, 2.05) is 31.2 Å². The number of fused-ring (bicyclic) bond motifs is 2. The molecule has 2 amide bonds. The van der Waals surface area contributed by atoms with Gasteiger partial charge in [0.1, 0.15) is 11.4 Å². The van der Waals surface area contributed by atoms with Crippen LogP contribution >= 0.6 is 0 Å². The Morgan fingerprint density at radius 1 is 1.42 bits per heavy atom. The summed E-state index contributed by atoms with van der Waals surface area (Å²) in [5.41, 5.74) is 1.49. The molecule has 0 saturated heterocycles. The molecule has 0 unspecified atom stereocenters. The molecule has 3 heterocycles. The molecule has 24 heavy (non-hydrogen) atoms. The highest BCUT2D eigenvalue weighted by Crippen LogP contribution is 2.31. The molecule has 2 N–H and O–H groups in total. The fourth-order valence-corrected chi connectivity index (χ4v) is 2.92. The Bertz CT molecular complexity index is 937. The first-order valence-corrected chi connectivity index (χ1v) is 7.69. The van der Waals surface area contributed by atoms with Gasteiger partial charge in [-0.25, -0.2) is 0 Å². The number of benzene rings is 1. The van der Waals surface area contributed by atoms with Crippen molar-refractivity contribution in [2.24, 2.45) is 13.0 Å². The molecule has 7 heteroatoms. The van der Waals surface area contributed by atoms with E-state index in [0.29, 0.717) is 23.6 Å². The summed E-state index contributed by atoms with van der Waals surface area (Å²) in [5.74, 6) is 0.729. The molecule has 0 bridgehead atoms. The summed E-state index contributed by atoms with van der Waals surface area (Å²) in [7, 11) is 1.73. The van der Waals surface area contributed by atoms with Crippen molar-refractivity contribution in [1.29, 1.82) is 0 Å². The van der Waals surface area contributed by atoms with Crippen molar-refractivity contribution in [3.8, 4) is 0 Å². The van der Waals surface area contributed by atoms with Crippen molar-refractivity contribution in [3.63, 3.8) is 0 Å². The Kier molecular flexibility index (Phi) is 3.16. The summed E-state index contributed by atoms with van der Waals surface area (Å²) in [5, 5.41) is 10.8. The number of furan rings is 1. The van der Waals surface area contributed by atoms with Crippen LogP contribution in [-0.4, -0.2) is 21.6 Å². The zero-order chi connectivity index (χ0) is 16.8. The van der Waals surface area contributed by atoms with Crippen LogP contribution in [0.2, 0.25) is 0 Å². The molecule has 3 aromatic rings. The molecule has 7 nitrogen and oxygen atoms in total. The van der Waals surface area contributed by atoms with Gasteiger partial charge < -0.3 is 15.1 Å². The van der Waals surface area contributed by atoms with Crippen LogP contribution in [0.3, 0.4) is 0 Å². The summed E-state index contributed by atoms with van der Waals surface area (Å²) in [4.78, 5) is 24.3. The first kappa shape index (κ1) is 14.5. The molecule has 1 aromatic carbocycles. The number of aromatic nitrogens is 2. The van der Waals surface area contributed by atoms with Gasteiger partial charge in [0.15, 0.2) is 11.6 Å². The van der Waals surface area contributed by atoms with Crippen molar-refractivity contribution < 1.29 is 14.0 Å². The van der Waals surface area contributed by atoms with E-state index in [9.17, 15) is 9.59 Å². The van der Waals surface area contributed by atoms with Crippen LogP contribution in [0, 0.1) is 5.92 Å². The van der Waals surface area contributed by atoms with Crippen molar-refractivity contribution >= 4 is 34.4 Å². The first-order valence-electron chi connectivity index (χ1n) is 7.69. The Balaban J connectivity index is 1.65. The zero-order valence-electron chi connectivity index (χ0n) is 13.3. The van der Waals surface area contributed by atoms with Crippen LogP contribution < -0.4 is 10.6 Å². The number of para-hydroxylation sites is 1. The molecule has 0 saturated carbocycles. The average Bonchev–Trinajstić information content (AvgIpc) is 3.11. The number of nitrogens with zero attached hydrogens (tertiary/aromatic N) is 2. The van der Waals surface area contributed by atoms with Gasteiger partial charge in [-0.2, -0.15) is 5.10 Å².